The van der Waals surface area contributed by atoms with Crippen LogP contribution in [0.4, 0.5) is 0 Å². The number of benzene rings is 5. The van der Waals surface area contributed by atoms with E-state index in [1.165, 1.54) is 36.5 Å². The number of hydrogen-bond donors (Lipinski definition) is 8. The summed E-state index contributed by atoms with van der Waals surface area (Å²) in [5.41, 5.74) is 12.0. The average Bonchev–Trinajstić information content (AvgIpc) is 1.71. The zero-order valence-electron chi connectivity index (χ0n) is 88.1. The van der Waals surface area contributed by atoms with Gasteiger partial charge in [-0.05, 0) is 271 Å². The molecule has 0 aliphatic heterocycles. The molecule has 37 nitrogen and oxygen atoms in total. The Labute approximate surface area is 870 Å². The second-order valence-electron chi connectivity index (χ2n) is 39.9. The number of carbonyl (C=O) groups is 4. The first kappa shape index (κ1) is 111. The predicted molar refractivity (Wildman–Crippen MR) is 561 cm³/mol. The molecule has 5 aromatic carbocycles. The fraction of sp³-hybridized carbons (Fsp3) is 0.518. The largest absolute Gasteiger partial charge is 0.497 e. The van der Waals surface area contributed by atoms with Gasteiger partial charge in [-0.15, -0.1) is 5.10 Å². The van der Waals surface area contributed by atoms with E-state index in [0.717, 1.165) is 210 Å². The van der Waals surface area contributed by atoms with Crippen molar-refractivity contribution in [2.45, 2.75) is 345 Å². The molecule has 0 radical (unpaired) electrons. The number of nitrogens with zero attached hydrogens (tertiary/aromatic N) is 17. The highest BCUT2D eigenvalue weighted by molar-refractivity contribution is 5.91. The molecular weight excluding hydrogens is 1900 g/mol. The number of carboxylic acid groups (broad SMARTS) is 1. The SMILES string of the molecule is CCCC(O)(CC)Cn1nccc1-c1ccc(C2CCC(Oc3c(C(=O)OC)nnn3Cc3ccc(OC)cc3)CC2)cc1.CCCC(O)(CC)Cn1nccc1-c1ccc(C2CCC(Oc3nn[nH]c3C(=O)O)CC2)cc1.CCCC(O)(CC)Cn1nccc1-c1ccc(C2CCC(Oc3nn[nH]c3C(=O)OC)CC2)cc1.CCCC(O)(CC)Cn1nccc1-c1ccc(C2CCC(Oc3nn[nH]c3C(=O)OCC)CC2)cc1. The molecule has 0 amide bonds. The van der Waals surface area contributed by atoms with E-state index >= 15 is 0 Å². The van der Waals surface area contributed by atoms with Gasteiger partial charge in [0.05, 0.1) is 106 Å². The minimum atomic E-state index is -1.13. The molecule has 0 bridgehead atoms. The zero-order valence-corrected chi connectivity index (χ0v) is 88.1. The number of aromatic amines is 3. The van der Waals surface area contributed by atoms with Gasteiger partial charge in [0, 0.05) is 24.8 Å². The van der Waals surface area contributed by atoms with E-state index in [9.17, 15) is 39.6 Å². The molecule has 4 unspecified atom stereocenters. The molecule has 17 rings (SSSR count). The second kappa shape index (κ2) is 52.9. The smallest absolute Gasteiger partial charge is 0.364 e. The number of aliphatic hydroxyl groups is 4. The molecule has 37 heteroatoms. The van der Waals surface area contributed by atoms with Gasteiger partial charge in [0.15, 0.2) is 0 Å². The average molecular weight is 2050 g/mol. The molecule has 8 N–H and O–H groups in total. The van der Waals surface area contributed by atoms with Gasteiger partial charge in [-0.3, -0.25) is 18.7 Å². The summed E-state index contributed by atoms with van der Waals surface area (Å²) in [5.74, 6) is 0.628. The number of aromatic nitrogens is 20. The van der Waals surface area contributed by atoms with Crippen LogP contribution in [0.2, 0.25) is 0 Å². The van der Waals surface area contributed by atoms with Gasteiger partial charge in [0.25, 0.3) is 17.6 Å². The summed E-state index contributed by atoms with van der Waals surface area (Å²) < 4.78 is 53.4. The van der Waals surface area contributed by atoms with Crippen LogP contribution in [0.1, 0.15) is 336 Å². The first-order chi connectivity index (χ1) is 72.2. The molecule has 149 heavy (non-hydrogen) atoms. The third kappa shape index (κ3) is 29.0. The van der Waals surface area contributed by atoms with E-state index in [4.69, 9.17) is 43.0 Å². The van der Waals surface area contributed by atoms with Crippen molar-refractivity contribution in [2.24, 2.45) is 0 Å². The summed E-state index contributed by atoms with van der Waals surface area (Å²) in [6.45, 7) is 20.9. The molecule has 4 saturated carbocycles. The molecule has 0 spiro atoms. The van der Waals surface area contributed by atoms with Crippen molar-refractivity contribution >= 4 is 23.9 Å². The number of esters is 3. The lowest BCUT2D eigenvalue weighted by Crippen LogP contribution is -2.34. The van der Waals surface area contributed by atoms with Crippen molar-refractivity contribution in [1.29, 1.82) is 0 Å². The number of methoxy groups -OCH3 is 3. The standard InChI is InChI=1S/C34H43N5O5.C27H37N5O4.C26H35N5O4.C25H33N5O4/c1-5-20-34(41,6-2)23-39-30(19-21-35-39)27-11-9-25(10-12-27)26-13-17-29(18-14-26)44-32-31(33(40)43-4)36-37-38(32)22-24-7-15-28(42-3)16-8-24;1-4-16-27(34,5-2)18-32-23(15-17-28-32)21-9-7-19(8-10-21)20-11-13-22(14-12-20)36-25-24(29-31-30-25)26(33)35-6-3;1-4-15-26(33,5-2)17-31-22(14-16-27-31)20-8-6-18(7-9-20)19-10-12-21(13-11-19)35-24-23(25(32)34-3)28-30-29-24;1-3-14-25(33,4-2)16-30-21(13-15-26-30)19-7-5-17(6-8-19)18-9-11-20(12-10-18)34-23-22(24(31)32)27-29-28-23/h7-12,15-16,19,21,26,29,41H,5-6,13-14,17-18,20,22-23H2,1-4H3;7-10,15,17,20,22,34H,4-6,11-14,16,18H2,1-3H3,(H,29,30,31);6-9,14,16,19,21,33H,4-5,10-13,15,17H2,1-3H3,(H,28,29,30);5-8,13,15,18,20,33H,3-4,9-12,14,16H2,1-2H3,(H,31,32)(H,27,28,29). The number of nitrogens with one attached hydrogen (secondary N) is 3. The Hall–Kier alpha value is -13.8. The molecule has 13 aromatic rings. The van der Waals surface area contributed by atoms with Crippen molar-refractivity contribution in [1.82, 2.24) is 100 Å². The summed E-state index contributed by atoms with van der Waals surface area (Å²) >= 11 is 0. The quantitative estimate of drug-likeness (QED) is 0.0130. The van der Waals surface area contributed by atoms with Crippen LogP contribution in [0.15, 0.2) is 170 Å². The Morgan fingerprint density at radius 2 is 0.644 bits per heavy atom. The van der Waals surface area contributed by atoms with Crippen LogP contribution in [0, 0.1) is 0 Å². The molecule has 4 atom stereocenters. The summed E-state index contributed by atoms with van der Waals surface area (Å²) in [6.07, 6.45) is 31.3. The van der Waals surface area contributed by atoms with Crippen LogP contribution < -0.4 is 23.7 Å². The van der Waals surface area contributed by atoms with Gasteiger partial charge in [-0.1, -0.05) is 226 Å². The summed E-state index contributed by atoms with van der Waals surface area (Å²) in [5, 5.41) is 109. The number of carboxylic acids is 1. The van der Waals surface area contributed by atoms with Gasteiger partial charge in [-0.25, -0.2) is 39.2 Å². The third-order valence-electron chi connectivity index (χ3n) is 29.9. The minimum Gasteiger partial charge on any atom is -0.497 e. The fourth-order valence-electron chi connectivity index (χ4n) is 20.9. The molecule has 4 aliphatic rings. The second-order valence-corrected chi connectivity index (χ2v) is 39.9. The zero-order chi connectivity index (χ0) is 106. The van der Waals surface area contributed by atoms with E-state index in [-0.39, 0.29) is 71.4 Å². The monoisotopic (exact) mass is 2050 g/mol. The van der Waals surface area contributed by atoms with E-state index in [2.05, 4.69) is 202 Å². The van der Waals surface area contributed by atoms with E-state index in [1.807, 2.05) is 95.0 Å². The van der Waals surface area contributed by atoms with Gasteiger partial charge >= 0.3 is 23.9 Å². The lowest BCUT2D eigenvalue weighted by molar-refractivity contribution is 0.00671. The first-order valence-corrected chi connectivity index (χ1v) is 53.1. The highest BCUT2D eigenvalue weighted by Crippen LogP contribution is 2.43. The number of carbonyl (C=O) groups excluding carboxylic acids is 3. The number of aromatic carboxylic acids is 1. The Morgan fingerprint density at radius 3 is 0.926 bits per heavy atom. The Kier molecular flexibility index (Phi) is 39.4. The number of hydrogen-bond acceptors (Lipinski definition) is 28. The van der Waals surface area contributed by atoms with E-state index in [1.54, 1.807) is 43.5 Å². The summed E-state index contributed by atoms with van der Waals surface area (Å²) in [6, 6.07) is 50.4. The topological polar surface area (TPSA) is 470 Å². The molecule has 8 heterocycles. The Bertz CT molecular complexity index is 6320. The van der Waals surface area contributed by atoms with E-state index < -0.39 is 46.3 Å². The van der Waals surface area contributed by atoms with Crippen LogP contribution in [-0.4, -0.2) is 225 Å². The Balaban J connectivity index is 0.000000157. The summed E-state index contributed by atoms with van der Waals surface area (Å²) in [4.78, 5) is 47.5. The maximum atomic E-state index is 12.5. The van der Waals surface area contributed by atoms with Gasteiger partial charge in [0.1, 0.15) is 30.2 Å². The molecule has 4 fully saturated rings. The van der Waals surface area contributed by atoms with Crippen molar-refractivity contribution < 1.29 is 82.6 Å². The van der Waals surface area contributed by atoms with Crippen molar-refractivity contribution in [3.05, 3.63) is 221 Å². The fourth-order valence-corrected chi connectivity index (χ4v) is 20.9. The van der Waals surface area contributed by atoms with Gasteiger partial charge in [0.2, 0.25) is 28.7 Å². The third-order valence-corrected chi connectivity index (χ3v) is 29.9. The minimum absolute atomic E-state index is 0.00573. The van der Waals surface area contributed by atoms with Gasteiger partial charge in [-0.2, -0.15) is 20.4 Å². The molecule has 4 aliphatic carbocycles. The first-order valence-electron chi connectivity index (χ1n) is 53.1. The van der Waals surface area contributed by atoms with Gasteiger partial charge < -0.3 is 63.4 Å². The van der Waals surface area contributed by atoms with E-state index in [0.29, 0.717) is 88.0 Å². The molecule has 8 aromatic heterocycles. The van der Waals surface area contributed by atoms with Crippen LogP contribution in [0.5, 0.6) is 29.3 Å². The van der Waals surface area contributed by atoms with Crippen LogP contribution in [-0.2, 0) is 46.9 Å². The number of H-pyrrole nitrogens is 3. The lowest BCUT2D eigenvalue weighted by atomic mass is 9.82. The maximum absolute atomic E-state index is 12.5. The van der Waals surface area contributed by atoms with Crippen LogP contribution in [0.25, 0.3) is 45.0 Å². The molecule has 0 saturated heterocycles. The van der Waals surface area contributed by atoms with Crippen LogP contribution in [0.3, 0.4) is 0 Å². The maximum Gasteiger partial charge on any atom is 0.364 e. The van der Waals surface area contributed by atoms with Crippen molar-refractivity contribution in [3.63, 3.8) is 0 Å². The highest BCUT2D eigenvalue weighted by Gasteiger charge is 2.37. The normalized spacial score (nSPS) is 19.3. The molecular formula is C112H148N20O17. The summed E-state index contributed by atoms with van der Waals surface area (Å²) in [7, 11) is 4.27. The molecule has 798 valence electrons. The predicted octanol–water partition coefficient (Wildman–Crippen LogP) is 19.8. The number of ether oxygens (including phenoxy) is 8. The van der Waals surface area contributed by atoms with Crippen LogP contribution >= 0.6 is 0 Å². The Morgan fingerprint density at radius 1 is 0.349 bits per heavy atom. The highest BCUT2D eigenvalue weighted by atomic mass is 16.6. The number of rotatable bonds is 44. The van der Waals surface area contributed by atoms with Crippen molar-refractivity contribution in [3.8, 4) is 74.3 Å². The van der Waals surface area contributed by atoms with Crippen molar-refractivity contribution in [2.75, 3.05) is 27.9 Å². The lowest BCUT2D eigenvalue weighted by Gasteiger charge is -2.29.